The first-order valence-corrected chi connectivity index (χ1v) is 9.10. The van der Waals surface area contributed by atoms with Crippen molar-refractivity contribution in [3.05, 3.63) is 65.7 Å². The number of anilines is 1. The van der Waals surface area contributed by atoms with Gasteiger partial charge in [0.1, 0.15) is 18.8 Å². The van der Waals surface area contributed by atoms with E-state index in [0.717, 1.165) is 17.0 Å². The van der Waals surface area contributed by atoms with E-state index in [-0.39, 0.29) is 12.5 Å². The average Bonchev–Trinajstić information content (AvgIpc) is 3.04. The zero-order valence-electron chi connectivity index (χ0n) is 16.1. The van der Waals surface area contributed by atoms with Gasteiger partial charge in [0.05, 0.1) is 12.3 Å². The predicted molar refractivity (Wildman–Crippen MR) is 106 cm³/mol. The smallest absolute Gasteiger partial charge is 0.246 e. The van der Waals surface area contributed by atoms with Gasteiger partial charge in [0, 0.05) is 24.8 Å². The van der Waals surface area contributed by atoms with Crippen LogP contribution >= 0.6 is 0 Å². The zero-order chi connectivity index (χ0) is 19.8. The number of nitrogens with one attached hydrogen (secondary N) is 2. The number of carbonyl (C=O) groups excluding carboxylic acids is 1. The van der Waals surface area contributed by atoms with Crippen molar-refractivity contribution in [2.75, 3.05) is 25.0 Å². The molecule has 0 saturated heterocycles. The molecule has 0 aliphatic carbocycles. The van der Waals surface area contributed by atoms with Gasteiger partial charge >= 0.3 is 0 Å². The monoisotopic (exact) mass is 380 g/mol. The molecule has 0 radical (unpaired) electrons. The second-order valence-electron chi connectivity index (χ2n) is 6.36. The van der Waals surface area contributed by atoms with Crippen LogP contribution in [0.15, 0.2) is 48.8 Å². The van der Waals surface area contributed by atoms with Crippen molar-refractivity contribution in [1.29, 1.82) is 0 Å². The third-order valence-corrected chi connectivity index (χ3v) is 3.98. The van der Waals surface area contributed by atoms with E-state index in [0.29, 0.717) is 31.3 Å². The van der Waals surface area contributed by atoms with E-state index in [1.165, 1.54) is 6.33 Å². The van der Waals surface area contributed by atoms with Gasteiger partial charge in [-0.2, -0.15) is 5.10 Å². The van der Waals surface area contributed by atoms with Gasteiger partial charge in [-0.1, -0.05) is 30.3 Å². The van der Waals surface area contributed by atoms with Crippen LogP contribution in [0.2, 0.25) is 0 Å². The van der Waals surface area contributed by atoms with Gasteiger partial charge in [0.2, 0.25) is 5.91 Å². The average molecular weight is 380 g/mol. The van der Waals surface area contributed by atoms with Gasteiger partial charge in [-0.3, -0.25) is 4.79 Å². The number of benzene rings is 1. The molecular formula is C20H24N6O2. The zero-order valence-corrected chi connectivity index (χ0v) is 16.1. The Morgan fingerprint density at radius 2 is 1.93 bits per heavy atom. The van der Waals surface area contributed by atoms with E-state index < -0.39 is 0 Å². The highest BCUT2D eigenvalue weighted by molar-refractivity contribution is 5.77. The predicted octanol–water partition coefficient (Wildman–Crippen LogP) is 2.02. The molecule has 2 heterocycles. The maximum absolute atomic E-state index is 11.8. The minimum Gasteiger partial charge on any atom is -0.368 e. The number of hydrogen-bond acceptors (Lipinski definition) is 6. The molecule has 2 aromatic heterocycles. The molecule has 0 spiro atoms. The van der Waals surface area contributed by atoms with Gasteiger partial charge in [-0.15, -0.1) is 0 Å². The molecule has 3 rings (SSSR count). The highest BCUT2D eigenvalue weighted by Crippen LogP contribution is 2.11. The van der Waals surface area contributed by atoms with Crippen molar-refractivity contribution in [3.8, 4) is 5.82 Å². The number of aryl methyl sites for hydroxylation is 2. The van der Waals surface area contributed by atoms with E-state index >= 15 is 0 Å². The van der Waals surface area contributed by atoms with Crippen LogP contribution in [-0.4, -0.2) is 45.4 Å². The molecule has 0 unspecified atom stereocenters. The van der Waals surface area contributed by atoms with E-state index in [9.17, 15) is 4.79 Å². The fourth-order valence-corrected chi connectivity index (χ4v) is 2.70. The lowest BCUT2D eigenvalue weighted by Gasteiger charge is -2.09. The lowest BCUT2D eigenvalue weighted by Crippen LogP contribution is -2.31. The Hall–Kier alpha value is -3.26. The number of ether oxygens (including phenoxy) is 1. The standard InChI is InChI=1S/C20H24N6O2/c1-15-10-16(2)26(25-15)19-11-18(23-14-24-19)21-8-9-22-20(27)13-28-12-17-6-4-3-5-7-17/h3-7,10-11,14H,8-9,12-13H2,1-2H3,(H,22,27)(H,21,23,24). The largest absolute Gasteiger partial charge is 0.368 e. The molecule has 1 aromatic carbocycles. The molecule has 0 aliphatic rings. The molecule has 146 valence electrons. The highest BCUT2D eigenvalue weighted by atomic mass is 16.5. The third-order valence-electron chi connectivity index (χ3n) is 3.98. The van der Waals surface area contributed by atoms with Gasteiger partial charge in [0.25, 0.3) is 0 Å². The van der Waals surface area contributed by atoms with Gasteiger partial charge in [-0.05, 0) is 25.5 Å². The Kier molecular flexibility index (Phi) is 6.69. The van der Waals surface area contributed by atoms with Crippen LogP contribution in [0.25, 0.3) is 5.82 Å². The molecule has 0 aliphatic heterocycles. The molecule has 3 aromatic rings. The van der Waals surface area contributed by atoms with Crippen LogP contribution in [-0.2, 0) is 16.1 Å². The number of nitrogens with zero attached hydrogens (tertiary/aromatic N) is 4. The van der Waals surface area contributed by atoms with E-state index in [1.807, 2.05) is 56.3 Å². The minimum atomic E-state index is -0.149. The van der Waals surface area contributed by atoms with Crippen molar-refractivity contribution >= 4 is 11.7 Å². The Morgan fingerprint density at radius 3 is 2.68 bits per heavy atom. The number of hydrogen-bond donors (Lipinski definition) is 2. The number of amides is 1. The van der Waals surface area contributed by atoms with Crippen molar-refractivity contribution < 1.29 is 9.53 Å². The molecule has 0 saturated carbocycles. The Morgan fingerprint density at radius 1 is 1.11 bits per heavy atom. The summed E-state index contributed by atoms with van der Waals surface area (Å²) in [4.78, 5) is 20.3. The molecule has 0 fully saturated rings. The third kappa shape index (κ3) is 5.62. The minimum absolute atomic E-state index is 0.0322. The summed E-state index contributed by atoms with van der Waals surface area (Å²) < 4.78 is 7.18. The lowest BCUT2D eigenvalue weighted by molar-refractivity contribution is -0.126. The number of aromatic nitrogens is 4. The van der Waals surface area contributed by atoms with E-state index in [2.05, 4.69) is 25.7 Å². The first-order chi connectivity index (χ1) is 13.6. The molecule has 1 amide bonds. The SMILES string of the molecule is Cc1cc(C)n(-c2cc(NCCNC(=O)COCc3ccccc3)ncn2)n1. The second kappa shape index (κ2) is 9.61. The fourth-order valence-electron chi connectivity index (χ4n) is 2.70. The quantitative estimate of drug-likeness (QED) is 0.552. The number of rotatable bonds is 9. The molecular weight excluding hydrogens is 356 g/mol. The Balaban J connectivity index is 1.38. The Bertz CT molecular complexity index is 910. The van der Waals surface area contributed by atoms with Crippen LogP contribution in [0.3, 0.4) is 0 Å². The van der Waals surface area contributed by atoms with Crippen LogP contribution in [0.5, 0.6) is 0 Å². The van der Waals surface area contributed by atoms with Crippen LogP contribution in [0.1, 0.15) is 17.0 Å². The fraction of sp³-hybridized carbons (Fsp3) is 0.300. The molecule has 28 heavy (non-hydrogen) atoms. The molecule has 8 heteroatoms. The molecule has 8 nitrogen and oxygen atoms in total. The summed E-state index contributed by atoms with van der Waals surface area (Å²) in [7, 11) is 0. The van der Waals surface area contributed by atoms with Gasteiger partial charge < -0.3 is 15.4 Å². The Labute approximate surface area is 164 Å². The topological polar surface area (TPSA) is 94.0 Å². The normalized spacial score (nSPS) is 10.6. The first-order valence-electron chi connectivity index (χ1n) is 9.10. The molecule has 0 atom stereocenters. The number of carbonyl (C=O) groups is 1. The summed E-state index contributed by atoms with van der Waals surface area (Å²) in [6.07, 6.45) is 1.49. The van der Waals surface area contributed by atoms with Crippen LogP contribution < -0.4 is 10.6 Å². The van der Waals surface area contributed by atoms with E-state index in [4.69, 9.17) is 4.74 Å². The molecule has 0 bridgehead atoms. The van der Waals surface area contributed by atoms with Crippen molar-refractivity contribution in [3.63, 3.8) is 0 Å². The first kappa shape index (κ1) is 19.5. The summed E-state index contributed by atoms with van der Waals surface area (Å²) in [5, 5.41) is 10.4. The lowest BCUT2D eigenvalue weighted by atomic mass is 10.2. The summed E-state index contributed by atoms with van der Waals surface area (Å²) in [6, 6.07) is 13.6. The maximum atomic E-state index is 11.8. The van der Waals surface area contributed by atoms with Gasteiger partial charge in [-0.25, -0.2) is 14.6 Å². The highest BCUT2D eigenvalue weighted by Gasteiger charge is 2.06. The maximum Gasteiger partial charge on any atom is 0.246 e. The van der Waals surface area contributed by atoms with Crippen molar-refractivity contribution in [1.82, 2.24) is 25.1 Å². The summed E-state index contributed by atoms with van der Waals surface area (Å²) in [6.45, 7) is 5.37. The summed E-state index contributed by atoms with van der Waals surface area (Å²) >= 11 is 0. The summed E-state index contributed by atoms with van der Waals surface area (Å²) in [5.74, 6) is 1.22. The second-order valence-corrected chi connectivity index (χ2v) is 6.36. The summed E-state index contributed by atoms with van der Waals surface area (Å²) in [5.41, 5.74) is 2.98. The van der Waals surface area contributed by atoms with Crippen molar-refractivity contribution in [2.24, 2.45) is 0 Å². The van der Waals surface area contributed by atoms with Crippen LogP contribution in [0, 0.1) is 13.8 Å². The molecule has 2 N–H and O–H groups in total. The van der Waals surface area contributed by atoms with Crippen molar-refractivity contribution in [2.45, 2.75) is 20.5 Å². The van der Waals surface area contributed by atoms with Crippen LogP contribution in [0.4, 0.5) is 5.82 Å². The van der Waals surface area contributed by atoms with Gasteiger partial charge in [0.15, 0.2) is 5.82 Å². The van der Waals surface area contributed by atoms with E-state index in [1.54, 1.807) is 4.68 Å².